The SMILES string of the molecule is CCS(=O)(=O)CCCn1nc2ccccn2c1=O. The fourth-order valence-corrected chi connectivity index (χ4v) is 2.55. The Morgan fingerprint density at radius 1 is 1.33 bits per heavy atom. The number of fused-ring (bicyclic) bond motifs is 1. The van der Waals surface area contributed by atoms with Crippen molar-refractivity contribution in [3.8, 4) is 0 Å². The number of aromatic nitrogens is 3. The molecule has 0 aliphatic carbocycles. The Morgan fingerprint density at radius 3 is 2.78 bits per heavy atom. The van der Waals surface area contributed by atoms with Gasteiger partial charge in [0.2, 0.25) is 0 Å². The van der Waals surface area contributed by atoms with E-state index in [-0.39, 0.29) is 17.2 Å². The van der Waals surface area contributed by atoms with Gasteiger partial charge in [0.05, 0.1) is 5.75 Å². The van der Waals surface area contributed by atoms with Crippen LogP contribution in [0.25, 0.3) is 5.65 Å². The first-order chi connectivity index (χ1) is 8.53. The molecule has 7 heteroatoms. The zero-order chi connectivity index (χ0) is 13.2. The molecule has 0 aromatic carbocycles. The summed E-state index contributed by atoms with van der Waals surface area (Å²) in [5, 5.41) is 4.13. The highest BCUT2D eigenvalue weighted by Gasteiger charge is 2.09. The van der Waals surface area contributed by atoms with E-state index in [1.165, 1.54) is 9.08 Å². The van der Waals surface area contributed by atoms with Crippen LogP contribution in [0.15, 0.2) is 29.2 Å². The third-order valence-electron chi connectivity index (χ3n) is 2.75. The van der Waals surface area contributed by atoms with Gasteiger partial charge in [-0.3, -0.25) is 4.40 Å². The van der Waals surface area contributed by atoms with Crippen LogP contribution in [-0.2, 0) is 16.4 Å². The zero-order valence-corrected chi connectivity index (χ0v) is 10.9. The number of hydrogen-bond acceptors (Lipinski definition) is 4. The predicted octanol–water partition coefficient (Wildman–Crippen LogP) is 0.321. The summed E-state index contributed by atoms with van der Waals surface area (Å²) in [7, 11) is -2.98. The summed E-state index contributed by atoms with van der Waals surface area (Å²) in [5.41, 5.74) is 0.334. The van der Waals surface area contributed by atoms with Crippen LogP contribution in [0.4, 0.5) is 0 Å². The van der Waals surface area contributed by atoms with Crippen LogP contribution in [-0.4, -0.2) is 34.1 Å². The summed E-state index contributed by atoms with van der Waals surface area (Å²) < 4.78 is 25.4. The molecular weight excluding hydrogens is 254 g/mol. The van der Waals surface area contributed by atoms with Gasteiger partial charge in [0.1, 0.15) is 9.84 Å². The molecule has 0 bridgehead atoms. The van der Waals surface area contributed by atoms with Crippen LogP contribution < -0.4 is 5.69 Å². The quantitative estimate of drug-likeness (QED) is 0.783. The van der Waals surface area contributed by atoms with Gasteiger partial charge < -0.3 is 0 Å². The van der Waals surface area contributed by atoms with Crippen molar-refractivity contribution in [1.82, 2.24) is 14.2 Å². The Kier molecular flexibility index (Phi) is 3.51. The van der Waals surface area contributed by atoms with E-state index < -0.39 is 9.84 Å². The third kappa shape index (κ3) is 2.61. The van der Waals surface area contributed by atoms with Crippen LogP contribution in [0.3, 0.4) is 0 Å². The van der Waals surface area contributed by atoms with E-state index in [2.05, 4.69) is 5.10 Å². The van der Waals surface area contributed by atoms with Crippen molar-refractivity contribution in [2.24, 2.45) is 0 Å². The van der Waals surface area contributed by atoms with Gasteiger partial charge in [0.15, 0.2) is 5.65 Å². The van der Waals surface area contributed by atoms with Gasteiger partial charge in [-0.2, -0.15) is 0 Å². The lowest BCUT2D eigenvalue weighted by Gasteiger charge is -2.00. The first kappa shape index (κ1) is 12.8. The highest BCUT2D eigenvalue weighted by molar-refractivity contribution is 7.91. The summed E-state index contributed by atoms with van der Waals surface area (Å²) in [5.74, 6) is 0.219. The van der Waals surface area contributed by atoms with Gasteiger partial charge in [-0.1, -0.05) is 13.0 Å². The minimum atomic E-state index is -2.98. The van der Waals surface area contributed by atoms with Crippen molar-refractivity contribution in [3.05, 3.63) is 34.9 Å². The molecule has 2 rings (SSSR count). The lowest BCUT2D eigenvalue weighted by molar-refractivity contribution is 0.563. The number of nitrogens with zero attached hydrogens (tertiary/aromatic N) is 3. The molecule has 0 unspecified atom stereocenters. The van der Waals surface area contributed by atoms with E-state index in [1.54, 1.807) is 31.3 Å². The molecule has 2 aromatic heterocycles. The van der Waals surface area contributed by atoms with Crippen molar-refractivity contribution in [1.29, 1.82) is 0 Å². The molecule has 2 heterocycles. The van der Waals surface area contributed by atoms with Crippen LogP contribution in [0, 0.1) is 0 Å². The van der Waals surface area contributed by atoms with Crippen LogP contribution >= 0.6 is 0 Å². The van der Waals surface area contributed by atoms with Crippen molar-refractivity contribution in [2.75, 3.05) is 11.5 Å². The van der Waals surface area contributed by atoms with Gasteiger partial charge in [-0.15, -0.1) is 5.10 Å². The average molecular weight is 269 g/mol. The molecule has 0 saturated heterocycles. The molecule has 98 valence electrons. The summed E-state index contributed by atoms with van der Waals surface area (Å²) in [6.07, 6.45) is 2.05. The molecule has 6 nitrogen and oxygen atoms in total. The fourth-order valence-electron chi connectivity index (χ4n) is 1.69. The Balaban J connectivity index is 2.14. The molecule has 0 atom stereocenters. The first-order valence-electron chi connectivity index (χ1n) is 5.78. The maximum absolute atomic E-state index is 11.9. The number of aryl methyl sites for hydroxylation is 1. The molecule has 0 radical (unpaired) electrons. The summed E-state index contributed by atoms with van der Waals surface area (Å²) in [6, 6.07) is 5.29. The third-order valence-corrected chi connectivity index (χ3v) is 4.54. The molecule has 2 aromatic rings. The van der Waals surface area contributed by atoms with Crippen molar-refractivity contribution in [2.45, 2.75) is 19.9 Å². The van der Waals surface area contributed by atoms with Gasteiger partial charge in [0, 0.05) is 18.5 Å². The van der Waals surface area contributed by atoms with E-state index in [4.69, 9.17) is 0 Å². The minimum absolute atomic E-state index is 0.0871. The van der Waals surface area contributed by atoms with Gasteiger partial charge in [0.25, 0.3) is 0 Å². The molecule has 0 N–H and O–H groups in total. The van der Waals surface area contributed by atoms with Gasteiger partial charge >= 0.3 is 5.69 Å². The number of sulfone groups is 1. The maximum atomic E-state index is 11.9. The van der Waals surface area contributed by atoms with Crippen molar-refractivity contribution < 1.29 is 8.42 Å². The second-order valence-corrected chi connectivity index (χ2v) is 6.50. The topological polar surface area (TPSA) is 73.4 Å². The normalized spacial score (nSPS) is 12.1. The Labute approximate surface area is 105 Å². The Bertz CT molecular complexity index is 700. The standard InChI is InChI=1S/C11H15N3O3S/c1-2-18(16,17)9-5-8-14-11(15)13-7-4-3-6-10(13)12-14/h3-4,6-7H,2,5,8-9H2,1H3. The lowest BCUT2D eigenvalue weighted by atomic mass is 10.5. The second kappa shape index (κ2) is 4.93. The summed E-state index contributed by atoms with van der Waals surface area (Å²) in [6.45, 7) is 1.94. The largest absolute Gasteiger partial charge is 0.350 e. The first-order valence-corrected chi connectivity index (χ1v) is 7.60. The monoisotopic (exact) mass is 269 g/mol. The van der Waals surface area contributed by atoms with E-state index >= 15 is 0 Å². The predicted molar refractivity (Wildman–Crippen MR) is 68.4 cm³/mol. The van der Waals surface area contributed by atoms with E-state index in [9.17, 15) is 13.2 Å². The van der Waals surface area contributed by atoms with Crippen molar-refractivity contribution in [3.63, 3.8) is 0 Å². The van der Waals surface area contributed by atoms with Gasteiger partial charge in [-0.25, -0.2) is 17.9 Å². The molecule has 18 heavy (non-hydrogen) atoms. The van der Waals surface area contributed by atoms with E-state index in [1.807, 2.05) is 0 Å². The summed E-state index contributed by atoms with van der Waals surface area (Å²) in [4.78, 5) is 11.9. The molecule has 0 saturated carbocycles. The summed E-state index contributed by atoms with van der Waals surface area (Å²) >= 11 is 0. The zero-order valence-electron chi connectivity index (χ0n) is 10.1. The number of hydrogen-bond donors (Lipinski definition) is 0. The molecule has 0 amide bonds. The highest BCUT2D eigenvalue weighted by Crippen LogP contribution is 1.98. The molecule has 0 aliphatic heterocycles. The molecule has 0 aliphatic rings. The smallest absolute Gasteiger partial charge is 0.250 e. The minimum Gasteiger partial charge on any atom is -0.250 e. The van der Waals surface area contributed by atoms with Crippen LogP contribution in [0.1, 0.15) is 13.3 Å². The number of rotatable bonds is 5. The maximum Gasteiger partial charge on any atom is 0.350 e. The molecule has 0 spiro atoms. The average Bonchev–Trinajstić information content (AvgIpc) is 2.67. The molecule has 0 fully saturated rings. The van der Waals surface area contributed by atoms with Crippen molar-refractivity contribution >= 4 is 15.5 Å². The Hall–Kier alpha value is -1.63. The highest BCUT2D eigenvalue weighted by atomic mass is 32.2. The second-order valence-electron chi connectivity index (χ2n) is 4.02. The van der Waals surface area contributed by atoms with Crippen LogP contribution in [0.2, 0.25) is 0 Å². The van der Waals surface area contributed by atoms with E-state index in [0.717, 1.165) is 0 Å². The number of pyridine rings is 1. The van der Waals surface area contributed by atoms with E-state index in [0.29, 0.717) is 18.6 Å². The van der Waals surface area contributed by atoms with Gasteiger partial charge in [-0.05, 0) is 18.6 Å². The lowest BCUT2D eigenvalue weighted by Crippen LogP contribution is -2.22. The molecular formula is C11H15N3O3S. The Morgan fingerprint density at radius 2 is 2.11 bits per heavy atom. The fraction of sp³-hybridized carbons (Fsp3) is 0.455. The van der Waals surface area contributed by atoms with Crippen LogP contribution in [0.5, 0.6) is 0 Å².